The molecule has 0 aromatic heterocycles. The Kier molecular flexibility index (Phi) is 4.08. The van der Waals surface area contributed by atoms with Gasteiger partial charge in [0.1, 0.15) is 0 Å². The number of hydrogen-bond donors (Lipinski definition) is 3. The summed E-state index contributed by atoms with van der Waals surface area (Å²) >= 11 is 0. The third-order valence-corrected chi connectivity index (χ3v) is 2.95. The Bertz CT molecular complexity index is 255. The summed E-state index contributed by atoms with van der Waals surface area (Å²) in [6, 6.07) is -0.205. The van der Waals surface area contributed by atoms with E-state index in [4.69, 9.17) is 5.11 Å². The van der Waals surface area contributed by atoms with Crippen molar-refractivity contribution in [2.24, 2.45) is 5.92 Å². The van der Waals surface area contributed by atoms with Crippen molar-refractivity contribution in [3.63, 3.8) is 0 Å². The van der Waals surface area contributed by atoms with Crippen LogP contribution >= 0.6 is 0 Å². The van der Waals surface area contributed by atoms with Gasteiger partial charge in [-0.25, -0.2) is 0 Å². The van der Waals surface area contributed by atoms with Crippen LogP contribution in [0.2, 0.25) is 0 Å². The average molecular weight is 214 g/mol. The first-order chi connectivity index (χ1) is 7.04. The molecular formula is C10H18N2O3. The Hall–Kier alpha value is -1.10. The van der Waals surface area contributed by atoms with Crippen molar-refractivity contribution in [2.75, 3.05) is 7.05 Å². The maximum Gasteiger partial charge on any atom is 0.306 e. The number of carbonyl (C=O) groups is 2. The van der Waals surface area contributed by atoms with Crippen LogP contribution in [0.5, 0.6) is 0 Å². The minimum absolute atomic E-state index is 0.0226. The fourth-order valence-corrected chi connectivity index (χ4v) is 1.79. The number of nitrogens with one attached hydrogen (secondary N) is 2. The van der Waals surface area contributed by atoms with Crippen LogP contribution in [0, 0.1) is 5.92 Å². The number of rotatable bonds is 4. The summed E-state index contributed by atoms with van der Waals surface area (Å²) in [7, 11) is 1.72. The summed E-state index contributed by atoms with van der Waals surface area (Å²) in [5.74, 6) is -1.11. The maximum absolute atomic E-state index is 11.5. The molecule has 3 N–H and O–H groups in total. The van der Waals surface area contributed by atoms with Crippen LogP contribution in [0.15, 0.2) is 0 Å². The smallest absolute Gasteiger partial charge is 0.306 e. The SMILES string of the molecule is CNC(C)C(=O)NC1CCC(C(=O)O)C1. The zero-order valence-electron chi connectivity index (χ0n) is 9.12. The van der Waals surface area contributed by atoms with Crippen molar-refractivity contribution < 1.29 is 14.7 Å². The Balaban J connectivity index is 2.36. The van der Waals surface area contributed by atoms with Gasteiger partial charge in [0.25, 0.3) is 0 Å². The molecule has 5 nitrogen and oxygen atoms in total. The van der Waals surface area contributed by atoms with Crippen LogP contribution in [0.3, 0.4) is 0 Å². The van der Waals surface area contributed by atoms with Gasteiger partial charge in [0.05, 0.1) is 12.0 Å². The highest BCUT2D eigenvalue weighted by Gasteiger charge is 2.30. The zero-order chi connectivity index (χ0) is 11.4. The minimum atomic E-state index is -0.756. The Morgan fingerprint density at radius 1 is 1.40 bits per heavy atom. The van der Waals surface area contributed by atoms with Crippen molar-refractivity contribution in [1.29, 1.82) is 0 Å². The van der Waals surface area contributed by atoms with Crippen molar-refractivity contribution in [3.05, 3.63) is 0 Å². The predicted molar refractivity (Wildman–Crippen MR) is 55.4 cm³/mol. The van der Waals surface area contributed by atoms with Gasteiger partial charge >= 0.3 is 5.97 Å². The molecule has 1 fully saturated rings. The highest BCUT2D eigenvalue weighted by molar-refractivity contribution is 5.81. The molecule has 0 saturated heterocycles. The van der Waals surface area contributed by atoms with Crippen LogP contribution in [0.1, 0.15) is 26.2 Å². The predicted octanol–water partition coefficient (Wildman–Crippen LogP) is -0.0362. The second kappa shape index (κ2) is 5.11. The molecule has 0 aromatic carbocycles. The molecule has 0 heterocycles. The molecule has 1 aliphatic carbocycles. The molecule has 1 rings (SSSR count). The lowest BCUT2D eigenvalue weighted by atomic mass is 10.1. The van der Waals surface area contributed by atoms with Gasteiger partial charge in [0.15, 0.2) is 0 Å². The van der Waals surface area contributed by atoms with Crippen LogP contribution < -0.4 is 10.6 Å². The Morgan fingerprint density at radius 3 is 2.53 bits per heavy atom. The van der Waals surface area contributed by atoms with Crippen molar-refractivity contribution in [1.82, 2.24) is 10.6 Å². The molecular weight excluding hydrogens is 196 g/mol. The number of amides is 1. The van der Waals surface area contributed by atoms with E-state index in [-0.39, 0.29) is 23.9 Å². The molecule has 0 aliphatic heterocycles. The number of carbonyl (C=O) groups excluding carboxylic acids is 1. The van der Waals surface area contributed by atoms with E-state index in [1.54, 1.807) is 14.0 Å². The van der Waals surface area contributed by atoms with E-state index in [0.717, 1.165) is 6.42 Å². The summed E-state index contributed by atoms with van der Waals surface area (Å²) in [5, 5.41) is 14.5. The monoisotopic (exact) mass is 214 g/mol. The maximum atomic E-state index is 11.5. The fourth-order valence-electron chi connectivity index (χ4n) is 1.79. The zero-order valence-corrected chi connectivity index (χ0v) is 9.12. The van der Waals surface area contributed by atoms with Gasteiger partial charge in [-0.05, 0) is 33.2 Å². The van der Waals surface area contributed by atoms with E-state index in [1.807, 2.05) is 0 Å². The second-order valence-electron chi connectivity index (χ2n) is 4.06. The van der Waals surface area contributed by atoms with Gasteiger partial charge in [-0.2, -0.15) is 0 Å². The lowest BCUT2D eigenvalue weighted by Crippen LogP contribution is -2.44. The molecule has 5 heteroatoms. The lowest BCUT2D eigenvalue weighted by Gasteiger charge is -2.16. The first-order valence-electron chi connectivity index (χ1n) is 5.25. The molecule has 0 aromatic rings. The Labute approximate surface area is 89.2 Å². The summed E-state index contributed by atoms with van der Waals surface area (Å²) < 4.78 is 0. The van der Waals surface area contributed by atoms with E-state index in [2.05, 4.69) is 10.6 Å². The summed E-state index contributed by atoms with van der Waals surface area (Å²) in [6.07, 6.45) is 1.98. The molecule has 3 unspecified atom stereocenters. The number of carboxylic acids is 1. The number of carboxylic acid groups (broad SMARTS) is 1. The number of hydrogen-bond acceptors (Lipinski definition) is 3. The van der Waals surface area contributed by atoms with E-state index in [0.29, 0.717) is 12.8 Å². The standard InChI is InChI=1S/C10H18N2O3/c1-6(11-2)9(13)12-8-4-3-7(5-8)10(14)15/h6-8,11H,3-5H2,1-2H3,(H,12,13)(H,14,15). The molecule has 0 bridgehead atoms. The van der Waals surface area contributed by atoms with Gasteiger partial charge in [-0.1, -0.05) is 0 Å². The van der Waals surface area contributed by atoms with Crippen LogP contribution in [0.25, 0.3) is 0 Å². The van der Waals surface area contributed by atoms with E-state index < -0.39 is 5.97 Å². The summed E-state index contributed by atoms with van der Waals surface area (Å²) in [6.45, 7) is 1.78. The third-order valence-electron chi connectivity index (χ3n) is 2.95. The molecule has 1 aliphatic rings. The quantitative estimate of drug-likeness (QED) is 0.614. The fraction of sp³-hybridized carbons (Fsp3) is 0.800. The van der Waals surface area contributed by atoms with Gasteiger partial charge in [-0.15, -0.1) is 0 Å². The van der Waals surface area contributed by atoms with E-state index in [9.17, 15) is 9.59 Å². The van der Waals surface area contributed by atoms with Crippen LogP contribution in [-0.4, -0.2) is 36.1 Å². The molecule has 0 radical (unpaired) electrons. The van der Waals surface area contributed by atoms with Crippen LogP contribution in [-0.2, 0) is 9.59 Å². The second-order valence-corrected chi connectivity index (χ2v) is 4.06. The largest absolute Gasteiger partial charge is 0.481 e. The van der Waals surface area contributed by atoms with Gasteiger partial charge in [-0.3, -0.25) is 9.59 Å². The number of aliphatic carboxylic acids is 1. The summed E-state index contributed by atoms with van der Waals surface area (Å²) in [5.41, 5.74) is 0. The molecule has 1 amide bonds. The molecule has 0 spiro atoms. The first kappa shape index (κ1) is 12.0. The normalized spacial score (nSPS) is 27.3. The lowest BCUT2D eigenvalue weighted by molar-refractivity contribution is -0.141. The Morgan fingerprint density at radius 2 is 2.07 bits per heavy atom. The van der Waals surface area contributed by atoms with E-state index >= 15 is 0 Å². The third kappa shape index (κ3) is 3.20. The minimum Gasteiger partial charge on any atom is -0.481 e. The highest BCUT2D eigenvalue weighted by Crippen LogP contribution is 2.25. The van der Waals surface area contributed by atoms with Gasteiger partial charge < -0.3 is 15.7 Å². The van der Waals surface area contributed by atoms with Gasteiger partial charge in [0.2, 0.25) is 5.91 Å². The van der Waals surface area contributed by atoms with Crippen LogP contribution in [0.4, 0.5) is 0 Å². The topological polar surface area (TPSA) is 78.4 Å². The summed E-state index contributed by atoms with van der Waals surface area (Å²) in [4.78, 5) is 22.2. The molecule has 3 atom stereocenters. The van der Waals surface area contributed by atoms with Gasteiger partial charge in [0, 0.05) is 6.04 Å². The number of likely N-dealkylation sites (N-methyl/N-ethyl adjacent to an activating group) is 1. The molecule has 86 valence electrons. The highest BCUT2D eigenvalue weighted by atomic mass is 16.4. The average Bonchev–Trinajstić information content (AvgIpc) is 2.65. The van der Waals surface area contributed by atoms with Crippen molar-refractivity contribution in [2.45, 2.75) is 38.3 Å². The van der Waals surface area contributed by atoms with E-state index in [1.165, 1.54) is 0 Å². The van der Waals surface area contributed by atoms with Crippen molar-refractivity contribution >= 4 is 11.9 Å². The molecule has 1 saturated carbocycles. The first-order valence-corrected chi connectivity index (χ1v) is 5.25. The van der Waals surface area contributed by atoms with Crippen molar-refractivity contribution in [3.8, 4) is 0 Å². The molecule has 15 heavy (non-hydrogen) atoms.